The van der Waals surface area contributed by atoms with Crippen molar-refractivity contribution in [3.8, 4) is 0 Å². The first kappa shape index (κ1) is 22.5. The zero-order valence-corrected chi connectivity index (χ0v) is 20.4. The van der Waals surface area contributed by atoms with E-state index in [1.807, 2.05) is 13.8 Å². The van der Waals surface area contributed by atoms with E-state index in [2.05, 4.69) is 35.5 Å². The first-order chi connectivity index (χ1) is 14.7. The van der Waals surface area contributed by atoms with Gasteiger partial charge in [-0.3, -0.25) is 14.7 Å². The second-order valence-electron chi connectivity index (χ2n) is 12.4. The van der Waals surface area contributed by atoms with E-state index in [4.69, 9.17) is 9.47 Å². The first-order valence-corrected chi connectivity index (χ1v) is 12.8. The Morgan fingerprint density at radius 2 is 1.42 bits per heavy atom. The summed E-state index contributed by atoms with van der Waals surface area (Å²) in [5.41, 5.74) is -0.459. The summed E-state index contributed by atoms with van der Waals surface area (Å²) in [5, 5.41) is 10.4. The molecule has 6 nitrogen and oxygen atoms in total. The van der Waals surface area contributed by atoms with Crippen molar-refractivity contribution in [1.29, 1.82) is 0 Å². The highest BCUT2D eigenvalue weighted by molar-refractivity contribution is 5.27. The van der Waals surface area contributed by atoms with Crippen LogP contribution in [0.5, 0.6) is 0 Å². The number of rotatable bonds is 6. The maximum atomic E-state index is 10.4. The fraction of sp³-hybridized carbons (Fsp3) is 1.00. The van der Waals surface area contributed by atoms with Crippen molar-refractivity contribution in [2.24, 2.45) is 23.7 Å². The van der Waals surface area contributed by atoms with Gasteiger partial charge < -0.3 is 14.6 Å². The molecule has 0 amide bonds. The van der Waals surface area contributed by atoms with Gasteiger partial charge in [0.1, 0.15) is 0 Å². The number of ether oxygens (including phenoxy) is 2. The summed E-state index contributed by atoms with van der Waals surface area (Å²) in [6.07, 6.45) is 2.19. The molecule has 2 heterocycles. The standard InChI is InChI=1S/C25H45N3O3/c1-24(2,3)28(7-6-25(4,5)29)22-17-16-18(26-8-12-30-13-9-26)20-21(19(17)22)23(20)27-10-14-31-15-11-27/h17-23,29H,6-16H2,1-5H3. The average molecular weight is 436 g/mol. The van der Waals surface area contributed by atoms with Gasteiger partial charge in [-0.15, -0.1) is 0 Å². The quantitative estimate of drug-likeness (QED) is 0.688. The van der Waals surface area contributed by atoms with Gasteiger partial charge in [-0.2, -0.15) is 0 Å². The van der Waals surface area contributed by atoms with Gasteiger partial charge in [-0.05, 0) is 71.1 Å². The van der Waals surface area contributed by atoms with Crippen molar-refractivity contribution in [3.05, 3.63) is 0 Å². The third kappa shape index (κ3) is 4.45. The highest BCUT2D eigenvalue weighted by Crippen LogP contribution is 2.69. The van der Waals surface area contributed by atoms with Gasteiger partial charge in [0, 0.05) is 56.4 Å². The van der Waals surface area contributed by atoms with Gasteiger partial charge in [-0.1, -0.05) is 0 Å². The van der Waals surface area contributed by atoms with E-state index in [1.165, 1.54) is 6.42 Å². The molecule has 31 heavy (non-hydrogen) atoms. The molecule has 0 aromatic heterocycles. The molecule has 5 fully saturated rings. The summed E-state index contributed by atoms with van der Waals surface area (Å²) >= 11 is 0. The Morgan fingerprint density at radius 3 is 1.97 bits per heavy atom. The normalized spacial score (nSPS) is 41.7. The molecule has 5 rings (SSSR count). The Kier molecular flexibility index (Phi) is 5.97. The minimum atomic E-state index is -0.599. The monoisotopic (exact) mass is 435 g/mol. The van der Waals surface area contributed by atoms with Crippen LogP contribution in [-0.4, -0.2) is 108 Å². The molecule has 7 unspecified atom stereocenters. The van der Waals surface area contributed by atoms with E-state index in [-0.39, 0.29) is 5.54 Å². The average Bonchev–Trinajstić information content (AvgIpc) is 3.60. The molecule has 3 saturated carbocycles. The van der Waals surface area contributed by atoms with E-state index in [0.29, 0.717) is 6.04 Å². The van der Waals surface area contributed by atoms with E-state index in [0.717, 1.165) is 101 Å². The van der Waals surface area contributed by atoms with Crippen molar-refractivity contribution < 1.29 is 14.6 Å². The first-order valence-electron chi connectivity index (χ1n) is 12.8. The van der Waals surface area contributed by atoms with E-state index in [9.17, 15) is 5.11 Å². The number of hydrogen-bond donors (Lipinski definition) is 1. The molecular weight excluding hydrogens is 390 g/mol. The molecule has 0 bridgehead atoms. The molecule has 0 spiro atoms. The van der Waals surface area contributed by atoms with Gasteiger partial charge in [0.25, 0.3) is 0 Å². The summed E-state index contributed by atoms with van der Waals surface area (Å²) in [7, 11) is 0. The zero-order chi connectivity index (χ0) is 22.0. The highest BCUT2D eigenvalue weighted by Gasteiger charge is 2.74. The van der Waals surface area contributed by atoms with Crippen molar-refractivity contribution in [1.82, 2.24) is 14.7 Å². The summed E-state index contributed by atoms with van der Waals surface area (Å²) in [6, 6.07) is 2.17. The molecule has 0 aromatic carbocycles. The van der Waals surface area contributed by atoms with E-state index in [1.54, 1.807) is 0 Å². The van der Waals surface area contributed by atoms with Crippen molar-refractivity contribution >= 4 is 0 Å². The van der Waals surface area contributed by atoms with Crippen LogP contribution in [0.25, 0.3) is 0 Å². The minimum Gasteiger partial charge on any atom is -0.390 e. The van der Waals surface area contributed by atoms with Crippen LogP contribution in [0.2, 0.25) is 0 Å². The Morgan fingerprint density at radius 1 is 0.839 bits per heavy atom. The predicted octanol–water partition coefficient (Wildman–Crippen LogP) is 1.91. The van der Waals surface area contributed by atoms with Crippen LogP contribution in [0.15, 0.2) is 0 Å². The lowest BCUT2D eigenvalue weighted by molar-refractivity contribution is -0.00227. The highest BCUT2D eigenvalue weighted by atomic mass is 16.5. The number of nitrogens with zero attached hydrogens (tertiary/aromatic N) is 3. The third-order valence-corrected chi connectivity index (χ3v) is 8.85. The molecule has 178 valence electrons. The summed E-state index contributed by atoms with van der Waals surface area (Å²) in [6.45, 7) is 20.0. The molecule has 0 radical (unpaired) electrons. The van der Waals surface area contributed by atoms with E-state index < -0.39 is 5.60 Å². The largest absolute Gasteiger partial charge is 0.390 e. The number of morpholine rings is 2. The maximum absolute atomic E-state index is 10.4. The van der Waals surface area contributed by atoms with Crippen molar-refractivity contribution in [2.45, 2.75) is 76.7 Å². The Hall–Kier alpha value is -0.240. The Labute approximate surface area is 189 Å². The van der Waals surface area contributed by atoms with E-state index >= 15 is 0 Å². The Bertz CT molecular complexity index is 633. The minimum absolute atomic E-state index is 0.139. The van der Waals surface area contributed by atoms with Crippen LogP contribution in [0.4, 0.5) is 0 Å². The second kappa shape index (κ2) is 8.21. The van der Waals surface area contributed by atoms with Crippen molar-refractivity contribution in [3.63, 3.8) is 0 Å². The molecule has 3 aliphatic carbocycles. The molecular formula is C25H45N3O3. The fourth-order valence-corrected chi connectivity index (χ4v) is 7.37. The molecule has 2 aliphatic heterocycles. The zero-order valence-electron chi connectivity index (χ0n) is 20.4. The molecule has 1 N–H and O–H groups in total. The predicted molar refractivity (Wildman–Crippen MR) is 122 cm³/mol. The lowest BCUT2D eigenvalue weighted by Gasteiger charge is -2.39. The number of hydrogen-bond acceptors (Lipinski definition) is 6. The molecule has 0 aromatic rings. The topological polar surface area (TPSA) is 48.4 Å². The summed E-state index contributed by atoms with van der Waals surface area (Å²) < 4.78 is 11.4. The lowest BCUT2D eigenvalue weighted by atomic mass is 9.94. The van der Waals surface area contributed by atoms with Gasteiger partial charge in [0.2, 0.25) is 0 Å². The fourth-order valence-electron chi connectivity index (χ4n) is 7.37. The van der Waals surface area contributed by atoms with Gasteiger partial charge in [0.05, 0.1) is 32.0 Å². The second-order valence-corrected chi connectivity index (χ2v) is 12.4. The van der Waals surface area contributed by atoms with Crippen LogP contribution in [0, 0.1) is 23.7 Å². The summed E-state index contributed by atoms with van der Waals surface area (Å²) in [4.78, 5) is 8.29. The van der Waals surface area contributed by atoms with Gasteiger partial charge in [-0.25, -0.2) is 0 Å². The van der Waals surface area contributed by atoms with Crippen LogP contribution < -0.4 is 0 Å². The number of aliphatic hydroxyl groups is 1. The van der Waals surface area contributed by atoms with Crippen molar-refractivity contribution in [2.75, 3.05) is 59.2 Å². The molecule has 2 saturated heterocycles. The Balaban J connectivity index is 1.36. The summed E-state index contributed by atoms with van der Waals surface area (Å²) in [5.74, 6) is 3.34. The van der Waals surface area contributed by atoms with Crippen LogP contribution in [-0.2, 0) is 9.47 Å². The number of fused-ring (bicyclic) bond motifs is 3. The van der Waals surface area contributed by atoms with Crippen LogP contribution in [0.3, 0.4) is 0 Å². The van der Waals surface area contributed by atoms with Gasteiger partial charge >= 0.3 is 0 Å². The molecule has 5 aliphatic rings. The van der Waals surface area contributed by atoms with Gasteiger partial charge in [0.15, 0.2) is 0 Å². The smallest absolute Gasteiger partial charge is 0.0603 e. The molecule has 7 atom stereocenters. The third-order valence-electron chi connectivity index (χ3n) is 8.85. The SMILES string of the molecule is CC(C)(O)CCN(C1C2CC(N3CCOCC3)C3C(C21)C3N1CCOCC1)C(C)(C)C. The lowest BCUT2D eigenvalue weighted by Crippen LogP contribution is -2.48. The van der Waals surface area contributed by atoms with Crippen LogP contribution in [0.1, 0.15) is 47.5 Å². The molecule has 6 heteroatoms. The maximum Gasteiger partial charge on any atom is 0.0603 e. The van der Waals surface area contributed by atoms with Crippen LogP contribution >= 0.6 is 0 Å².